The van der Waals surface area contributed by atoms with Crippen LogP contribution in [0.5, 0.6) is 0 Å². The molecule has 2 N–H and O–H groups in total. The molecular formula is C24H29N5O. The summed E-state index contributed by atoms with van der Waals surface area (Å²) in [6.07, 6.45) is 3.17. The van der Waals surface area contributed by atoms with Crippen LogP contribution in [0, 0.1) is 0 Å². The van der Waals surface area contributed by atoms with Crippen molar-refractivity contribution in [1.29, 1.82) is 0 Å². The van der Waals surface area contributed by atoms with Gasteiger partial charge in [-0.25, -0.2) is 4.98 Å². The molecule has 156 valence electrons. The Morgan fingerprint density at radius 2 is 1.50 bits per heavy atom. The van der Waals surface area contributed by atoms with Gasteiger partial charge in [-0.15, -0.1) is 5.10 Å². The number of fused-ring (bicyclic) bond motifs is 2. The summed E-state index contributed by atoms with van der Waals surface area (Å²) in [6, 6.07) is 8.32. The second kappa shape index (κ2) is 7.04. The lowest BCUT2D eigenvalue weighted by Crippen LogP contribution is -2.21. The lowest BCUT2D eigenvalue weighted by molar-refractivity contribution is 0.580. The summed E-state index contributed by atoms with van der Waals surface area (Å²) in [5.74, 6) is 0. The minimum atomic E-state index is -0.173. The summed E-state index contributed by atoms with van der Waals surface area (Å²) in [5, 5.41) is 12.0. The monoisotopic (exact) mass is 403 g/mol. The van der Waals surface area contributed by atoms with E-state index in [1.807, 2.05) is 6.07 Å². The van der Waals surface area contributed by atoms with E-state index in [2.05, 4.69) is 85.1 Å². The highest BCUT2D eigenvalue weighted by molar-refractivity contribution is 5.84. The van der Waals surface area contributed by atoms with E-state index >= 15 is 0 Å². The van der Waals surface area contributed by atoms with Crippen LogP contribution in [0.15, 0.2) is 35.4 Å². The SMILES string of the molecule is CC(C)(C)c1c(CCc2ccc3nc[nH]c(=O)c3c2C(C)(C)C)ccc2[nH]nnc12. The fourth-order valence-electron chi connectivity index (χ4n) is 4.54. The van der Waals surface area contributed by atoms with Crippen molar-refractivity contribution in [1.82, 2.24) is 25.4 Å². The fraction of sp³-hybridized carbons (Fsp3) is 0.417. The Labute approximate surface area is 176 Å². The van der Waals surface area contributed by atoms with Gasteiger partial charge in [-0.3, -0.25) is 9.89 Å². The van der Waals surface area contributed by atoms with Crippen molar-refractivity contribution in [3.63, 3.8) is 0 Å². The van der Waals surface area contributed by atoms with E-state index in [1.54, 1.807) is 0 Å². The molecule has 30 heavy (non-hydrogen) atoms. The first-order chi connectivity index (χ1) is 14.1. The van der Waals surface area contributed by atoms with Crippen LogP contribution in [0.4, 0.5) is 0 Å². The van der Waals surface area contributed by atoms with E-state index in [4.69, 9.17) is 0 Å². The van der Waals surface area contributed by atoms with Crippen molar-refractivity contribution in [2.75, 3.05) is 0 Å². The number of hydrogen-bond donors (Lipinski definition) is 2. The maximum absolute atomic E-state index is 12.7. The van der Waals surface area contributed by atoms with E-state index in [9.17, 15) is 4.79 Å². The van der Waals surface area contributed by atoms with Crippen LogP contribution in [-0.2, 0) is 23.7 Å². The Hall–Kier alpha value is -3.02. The van der Waals surface area contributed by atoms with Crippen molar-refractivity contribution in [2.45, 2.75) is 65.2 Å². The third kappa shape index (κ3) is 3.51. The highest BCUT2D eigenvalue weighted by Crippen LogP contribution is 2.34. The van der Waals surface area contributed by atoms with Gasteiger partial charge in [-0.05, 0) is 58.1 Å². The molecule has 0 spiro atoms. The van der Waals surface area contributed by atoms with Crippen LogP contribution < -0.4 is 5.56 Å². The molecule has 4 aromatic rings. The second-order valence-electron chi connectivity index (χ2n) is 10.0. The van der Waals surface area contributed by atoms with Crippen LogP contribution in [-0.4, -0.2) is 25.4 Å². The lowest BCUT2D eigenvalue weighted by Gasteiger charge is -2.26. The number of nitrogens with one attached hydrogen (secondary N) is 2. The largest absolute Gasteiger partial charge is 0.313 e. The Balaban J connectivity index is 1.82. The molecule has 4 rings (SSSR count). The number of hydrogen-bond acceptors (Lipinski definition) is 4. The van der Waals surface area contributed by atoms with Gasteiger partial charge in [0.2, 0.25) is 0 Å². The van der Waals surface area contributed by atoms with Gasteiger partial charge in [0.25, 0.3) is 5.56 Å². The van der Waals surface area contributed by atoms with E-state index in [0.29, 0.717) is 5.39 Å². The molecule has 0 saturated heterocycles. The number of aromatic nitrogens is 5. The molecule has 0 radical (unpaired) electrons. The minimum Gasteiger partial charge on any atom is -0.313 e. The summed E-state index contributed by atoms with van der Waals surface area (Å²) in [6.45, 7) is 13.1. The molecule has 6 nitrogen and oxygen atoms in total. The zero-order valence-corrected chi connectivity index (χ0v) is 18.6. The zero-order chi connectivity index (χ0) is 21.7. The van der Waals surface area contributed by atoms with Crippen molar-refractivity contribution < 1.29 is 0 Å². The van der Waals surface area contributed by atoms with E-state index in [1.165, 1.54) is 23.0 Å². The van der Waals surface area contributed by atoms with E-state index in [0.717, 1.165) is 35.0 Å². The summed E-state index contributed by atoms with van der Waals surface area (Å²) in [7, 11) is 0. The number of nitrogens with zero attached hydrogens (tertiary/aromatic N) is 3. The third-order valence-electron chi connectivity index (χ3n) is 5.64. The Morgan fingerprint density at radius 3 is 2.17 bits per heavy atom. The maximum Gasteiger partial charge on any atom is 0.258 e. The molecule has 0 aliphatic heterocycles. The molecule has 0 aliphatic carbocycles. The van der Waals surface area contributed by atoms with Gasteiger partial charge in [-0.2, -0.15) is 0 Å². The summed E-state index contributed by atoms with van der Waals surface area (Å²) < 4.78 is 0. The molecule has 0 aliphatic rings. The Kier molecular flexibility index (Phi) is 4.76. The maximum atomic E-state index is 12.7. The molecule has 2 aromatic carbocycles. The highest BCUT2D eigenvalue weighted by Gasteiger charge is 2.25. The lowest BCUT2D eigenvalue weighted by atomic mass is 9.78. The average molecular weight is 404 g/mol. The smallest absolute Gasteiger partial charge is 0.258 e. The number of aryl methyl sites for hydroxylation is 2. The first-order valence-corrected chi connectivity index (χ1v) is 10.4. The van der Waals surface area contributed by atoms with Gasteiger partial charge in [0.05, 0.1) is 22.7 Å². The summed E-state index contributed by atoms with van der Waals surface area (Å²) in [5.41, 5.74) is 7.10. The quantitative estimate of drug-likeness (QED) is 0.524. The molecule has 0 unspecified atom stereocenters. The van der Waals surface area contributed by atoms with Crippen LogP contribution in [0.3, 0.4) is 0 Å². The van der Waals surface area contributed by atoms with Crippen LogP contribution >= 0.6 is 0 Å². The van der Waals surface area contributed by atoms with Crippen LogP contribution in [0.25, 0.3) is 21.9 Å². The van der Waals surface area contributed by atoms with Crippen molar-refractivity contribution in [3.8, 4) is 0 Å². The topological polar surface area (TPSA) is 87.3 Å². The predicted molar refractivity (Wildman–Crippen MR) is 121 cm³/mol. The standard InChI is InChI=1S/C24H29N5O/c1-23(2,3)19-14(9-11-16-18(19)22(30)26-13-25-16)7-8-15-10-12-17-21(28-29-27-17)20(15)24(4,5)6/h9-13H,7-8H2,1-6H3,(H,25,26,30)(H,27,28,29). The van der Waals surface area contributed by atoms with Gasteiger partial charge in [0.1, 0.15) is 5.52 Å². The molecule has 6 heteroatoms. The predicted octanol–water partition coefficient (Wildman–Crippen LogP) is 4.57. The Bertz CT molecular complexity index is 1290. The molecule has 0 atom stereocenters. The Morgan fingerprint density at radius 1 is 0.867 bits per heavy atom. The average Bonchev–Trinajstić information content (AvgIpc) is 3.12. The van der Waals surface area contributed by atoms with Gasteiger partial charge in [-0.1, -0.05) is 58.9 Å². The third-order valence-corrected chi connectivity index (χ3v) is 5.64. The van der Waals surface area contributed by atoms with Crippen molar-refractivity contribution in [3.05, 3.63) is 63.2 Å². The number of aromatic amines is 2. The summed E-state index contributed by atoms with van der Waals surface area (Å²) in [4.78, 5) is 19.8. The van der Waals surface area contributed by atoms with Gasteiger partial charge in [0.15, 0.2) is 0 Å². The summed E-state index contributed by atoms with van der Waals surface area (Å²) >= 11 is 0. The zero-order valence-electron chi connectivity index (χ0n) is 18.6. The number of benzene rings is 2. The first-order valence-electron chi connectivity index (χ1n) is 10.4. The van der Waals surface area contributed by atoms with Gasteiger partial charge >= 0.3 is 0 Å². The minimum absolute atomic E-state index is 0.0526. The molecule has 0 saturated carbocycles. The molecule has 0 bridgehead atoms. The molecule has 2 aromatic heterocycles. The molecule has 0 fully saturated rings. The van der Waals surface area contributed by atoms with Crippen molar-refractivity contribution in [2.24, 2.45) is 0 Å². The van der Waals surface area contributed by atoms with Gasteiger partial charge < -0.3 is 4.98 Å². The van der Waals surface area contributed by atoms with Crippen LogP contribution in [0.2, 0.25) is 0 Å². The molecular weight excluding hydrogens is 374 g/mol. The normalized spacial score (nSPS) is 12.7. The van der Waals surface area contributed by atoms with Crippen LogP contribution in [0.1, 0.15) is 63.8 Å². The second-order valence-corrected chi connectivity index (χ2v) is 10.0. The molecule has 0 amide bonds. The van der Waals surface area contributed by atoms with Gasteiger partial charge in [0, 0.05) is 0 Å². The molecule has 2 heterocycles. The fourth-order valence-corrected chi connectivity index (χ4v) is 4.54. The van der Waals surface area contributed by atoms with E-state index < -0.39 is 0 Å². The van der Waals surface area contributed by atoms with E-state index in [-0.39, 0.29) is 16.4 Å². The van der Waals surface area contributed by atoms with Crippen molar-refractivity contribution >= 4 is 21.9 Å². The first kappa shape index (κ1) is 20.3. The number of rotatable bonds is 3. The highest BCUT2D eigenvalue weighted by atomic mass is 16.1. The number of H-pyrrole nitrogens is 2.